The molecule has 11 heteroatoms. The summed E-state index contributed by atoms with van der Waals surface area (Å²) in [5, 5.41) is 33.2. The van der Waals surface area contributed by atoms with Gasteiger partial charge in [0.05, 0.1) is 31.0 Å². The molecule has 3 heterocycles. The van der Waals surface area contributed by atoms with E-state index in [0.717, 1.165) is 0 Å². The van der Waals surface area contributed by atoms with E-state index >= 15 is 0 Å². The van der Waals surface area contributed by atoms with Crippen LogP contribution in [0.4, 0.5) is 0 Å². The minimum absolute atomic E-state index is 0.108. The van der Waals surface area contributed by atoms with E-state index in [2.05, 4.69) is 12.2 Å². The number of ether oxygens (including phenoxy) is 6. The lowest BCUT2D eigenvalue weighted by atomic mass is 9.72. The zero-order valence-electron chi connectivity index (χ0n) is 21.8. The summed E-state index contributed by atoms with van der Waals surface area (Å²) in [5.41, 5.74) is -0.573. The van der Waals surface area contributed by atoms with Gasteiger partial charge in [-0.1, -0.05) is 27.7 Å². The lowest BCUT2D eigenvalue weighted by Crippen LogP contribution is -2.69. The van der Waals surface area contributed by atoms with Crippen molar-refractivity contribution in [2.45, 2.75) is 102 Å². The first-order valence-electron chi connectivity index (χ1n) is 12.3. The Bertz CT molecular complexity index is 708. The van der Waals surface area contributed by atoms with Crippen LogP contribution in [0.5, 0.6) is 0 Å². The third-order valence-corrected chi connectivity index (χ3v) is 8.19. The summed E-state index contributed by atoms with van der Waals surface area (Å²) < 4.78 is 35.2. The number of aliphatic hydroxyl groups is 3. The van der Waals surface area contributed by atoms with Gasteiger partial charge in [0.25, 0.3) is 5.91 Å². The van der Waals surface area contributed by atoms with Crippen molar-refractivity contribution in [2.75, 3.05) is 27.6 Å². The molecule has 0 aliphatic carbocycles. The molecular formula is C24H43NO10. The summed E-state index contributed by atoms with van der Waals surface area (Å²) in [6.45, 7) is 9.36. The van der Waals surface area contributed by atoms with E-state index in [1.165, 1.54) is 7.11 Å². The Morgan fingerprint density at radius 3 is 2.40 bits per heavy atom. The number of carbonyl (C=O) groups excluding carboxylic acids is 1. The highest BCUT2D eigenvalue weighted by Crippen LogP contribution is 2.44. The summed E-state index contributed by atoms with van der Waals surface area (Å²) in [6, 6.07) is 0. The Morgan fingerprint density at radius 1 is 1.14 bits per heavy atom. The molecule has 0 unspecified atom stereocenters. The molecule has 204 valence electrons. The van der Waals surface area contributed by atoms with Gasteiger partial charge in [0.1, 0.15) is 19.0 Å². The zero-order valence-corrected chi connectivity index (χ0v) is 21.8. The van der Waals surface area contributed by atoms with E-state index in [9.17, 15) is 20.1 Å². The molecule has 0 aromatic rings. The fourth-order valence-corrected chi connectivity index (χ4v) is 5.58. The smallest absolute Gasteiger partial charge is 0.256 e. The number of methoxy groups -OCH3 is 2. The predicted octanol–water partition coefficient (Wildman–Crippen LogP) is 0.138. The van der Waals surface area contributed by atoms with E-state index in [-0.39, 0.29) is 31.2 Å². The van der Waals surface area contributed by atoms with Gasteiger partial charge in [-0.2, -0.15) is 0 Å². The predicted molar refractivity (Wildman–Crippen MR) is 123 cm³/mol. The summed E-state index contributed by atoms with van der Waals surface area (Å²) in [4.78, 5) is 13.2. The van der Waals surface area contributed by atoms with Crippen molar-refractivity contribution in [1.29, 1.82) is 0 Å². The Balaban J connectivity index is 1.79. The first kappa shape index (κ1) is 28.7. The Morgan fingerprint density at radius 2 is 1.83 bits per heavy atom. The lowest BCUT2D eigenvalue weighted by Gasteiger charge is -2.54. The van der Waals surface area contributed by atoms with Crippen LogP contribution in [0.25, 0.3) is 0 Å². The molecule has 3 saturated heterocycles. The molecule has 0 spiro atoms. The molecule has 0 radical (unpaired) electrons. The number of aliphatic hydroxyl groups excluding tert-OH is 3. The van der Waals surface area contributed by atoms with E-state index in [1.54, 1.807) is 7.11 Å². The van der Waals surface area contributed by atoms with Crippen molar-refractivity contribution in [1.82, 2.24) is 5.32 Å². The molecule has 11 atom stereocenters. The van der Waals surface area contributed by atoms with E-state index in [0.29, 0.717) is 6.42 Å². The van der Waals surface area contributed by atoms with Crippen LogP contribution in [0, 0.1) is 17.3 Å². The first-order valence-corrected chi connectivity index (χ1v) is 12.3. The zero-order chi connectivity index (χ0) is 26.1. The minimum Gasteiger partial charge on any atom is -0.394 e. The largest absolute Gasteiger partial charge is 0.394 e. The number of amides is 1. The van der Waals surface area contributed by atoms with Crippen LogP contribution >= 0.6 is 0 Å². The van der Waals surface area contributed by atoms with Crippen LogP contribution in [-0.4, -0.2) is 104 Å². The van der Waals surface area contributed by atoms with Crippen molar-refractivity contribution < 1.29 is 48.5 Å². The highest BCUT2D eigenvalue weighted by atomic mass is 16.7. The molecular weight excluding hydrogens is 462 g/mol. The van der Waals surface area contributed by atoms with Crippen molar-refractivity contribution in [3.05, 3.63) is 0 Å². The fraction of sp³-hybridized carbons (Fsp3) is 0.958. The molecule has 35 heavy (non-hydrogen) atoms. The molecule has 3 rings (SSSR count). The fourth-order valence-electron chi connectivity index (χ4n) is 5.58. The highest BCUT2D eigenvalue weighted by molar-refractivity contribution is 5.82. The molecule has 3 aliphatic rings. The molecule has 0 aromatic heterocycles. The summed E-state index contributed by atoms with van der Waals surface area (Å²) in [6.07, 6.45) is -5.58. The summed E-state index contributed by atoms with van der Waals surface area (Å²) in [5.74, 6) is -1.81. The standard InChI is InChI=1S/C24H43NO10/c1-12-9-24(31-7,35-14(3)13(12)2)19(28)21(29)25-22-18-17(32-11-33-22)20(30-6)23(4,5)16(34-18)8-15(27)10-26/h12-20,22,26-28H,8-11H2,1-7H3,(H,25,29)/t12-,13-,14-,15-,16-,17+,18+,19-,20-,22-,24-/m1/s1. The number of hydrogen-bond donors (Lipinski definition) is 4. The Kier molecular flexibility index (Phi) is 9.21. The van der Waals surface area contributed by atoms with Crippen LogP contribution < -0.4 is 5.32 Å². The number of carbonyl (C=O) groups is 1. The number of rotatable bonds is 8. The van der Waals surface area contributed by atoms with Gasteiger partial charge >= 0.3 is 0 Å². The van der Waals surface area contributed by atoms with Gasteiger partial charge in [0.15, 0.2) is 12.3 Å². The second-order valence-corrected chi connectivity index (χ2v) is 10.8. The molecule has 4 N–H and O–H groups in total. The van der Waals surface area contributed by atoms with Crippen molar-refractivity contribution in [3.63, 3.8) is 0 Å². The van der Waals surface area contributed by atoms with Crippen molar-refractivity contribution in [2.24, 2.45) is 17.3 Å². The van der Waals surface area contributed by atoms with Crippen LogP contribution in [0.15, 0.2) is 0 Å². The molecule has 0 aromatic carbocycles. The third kappa shape index (κ3) is 5.53. The molecule has 1 amide bonds. The molecule has 3 aliphatic heterocycles. The number of nitrogens with one attached hydrogen (secondary N) is 1. The average molecular weight is 506 g/mol. The molecule has 3 fully saturated rings. The van der Waals surface area contributed by atoms with Gasteiger partial charge in [-0.3, -0.25) is 4.79 Å². The van der Waals surface area contributed by atoms with E-state index in [1.807, 2.05) is 27.7 Å². The SMILES string of the molecule is CO[C@@H]1[C@H]2OCO[C@@H](NC(=O)[C@@H](O)[C@@]3(OC)C[C@@H](C)[C@@H](C)[C@@H](C)O3)[C@H]2O[C@H](C[C@@H](O)CO)C1(C)C. The van der Waals surface area contributed by atoms with Crippen molar-refractivity contribution >= 4 is 5.91 Å². The number of fused-ring (bicyclic) bond motifs is 1. The topological polar surface area (TPSA) is 145 Å². The van der Waals surface area contributed by atoms with Gasteiger partial charge < -0.3 is 49.1 Å². The maximum atomic E-state index is 13.2. The quantitative estimate of drug-likeness (QED) is 0.359. The van der Waals surface area contributed by atoms with Gasteiger partial charge in [0, 0.05) is 32.5 Å². The van der Waals surface area contributed by atoms with E-state index < -0.39 is 66.6 Å². The monoisotopic (exact) mass is 505 g/mol. The normalized spacial score (nSPS) is 43.1. The second-order valence-electron chi connectivity index (χ2n) is 10.8. The van der Waals surface area contributed by atoms with Crippen molar-refractivity contribution in [3.8, 4) is 0 Å². The Hall–Kier alpha value is -0.890. The number of hydrogen-bond acceptors (Lipinski definition) is 10. The van der Waals surface area contributed by atoms with Crippen LogP contribution in [0.1, 0.15) is 47.5 Å². The van der Waals surface area contributed by atoms with Gasteiger partial charge in [0.2, 0.25) is 5.79 Å². The molecule has 11 nitrogen and oxygen atoms in total. The third-order valence-electron chi connectivity index (χ3n) is 8.19. The maximum Gasteiger partial charge on any atom is 0.256 e. The van der Waals surface area contributed by atoms with E-state index in [4.69, 9.17) is 28.4 Å². The van der Waals surface area contributed by atoms with Gasteiger partial charge in [-0.15, -0.1) is 0 Å². The summed E-state index contributed by atoms with van der Waals surface area (Å²) in [7, 11) is 2.98. The minimum atomic E-state index is -1.61. The second kappa shape index (κ2) is 11.2. The highest BCUT2D eigenvalue weighted by Gasteiger charge is 2.57. The van der Waals surface area contributed by atoms with Crippen LogP contribution in [0.3, 0.4) is 0 Å². The lowest BCUT2D eigenvalue weighted by molar-refractivity contribution is -0.334. The maximum absolute atomic E-state index is 13.2. The van der Waals surface area contributed by atoms with Crippen LogP contribution in [0.2, 0.25) is 0 Å². The molecule has 0 bridgehead atoms. The molecule has 0 saturated carbocycles. The average Bonchev–Trinajstić information content (AvgIpc) is 2.82. The Labute approximate surface area is 207 Å². The van der Waals surface area contributed by atoms with Crippen LogP contribution in [-0.2, 0) is 33.2 Å². The first-order chi connectivity index (χ1) is 16.4. The van der Waals surface area contributed by atoms with Gasteiger partial charge in [-0.25, -0.2) is 0 Å². The summed E-state index contributed by atoms with van der Waals surface area (Å²) >= 11 is 0. The van der Waals surface area contributed by atoms with Gasteiger partial charge in [-0.05, 0) is 18.8 Å².